The maximum absolute atomic E-state index is 12.9. The summed E-state index contributed by atoms with van der Waals surface area (Å²) >= 11 is 0. The van der Waals surface area contributed by atoms with Gasteiger partial charge < -0.3 is 5.73 Å². The van der Waals surface area contributed by atoms with Crippen LogP contribution in [0.15, 0.2) is 36.7 Å². The first kappa shape index (κ1) is 11.7. The predicted octanol–water partition coefficient (Wildman–Crippen LogP) is 1.89. The van der Waals surface area contributed by atoms with Crippen molar-refractivity contribution in [3.05, 3.63) is 48.0 Å². The Balaban J connectivity index is 0.00000112. The molecule has 0 aliphatic heterocycles. The lowest BCUT2D eigenvalue weighted by atomic mass is 10.3. The van der Waals surface area contributed by atoms with Crippen LogP contribution in [0.2, 0.25) is 0 Å². The number of hydrogen-bond donors (Lipinski definition) is 1. The molecule has 3 nitrogen and oxygen atoms in total. The molecule has 0 spiro atoms. The highest BCUT2D eigenvalue weighted by Gasteiger charge is 2.00. The fraction of sp³-hybridized carbons (Fsp3) is 0.100. The first-order valence-corrected chi connectivity index (χ1v) is 4.29. The summed E-state index contributed by atoms with van der Waals surface area (Å²) < 4.78 is 14.5. The van der Waals surface area contributed by atoms with Gasteiger partial charge in [0, 0.05) is 18.3 Å². The summed E-state index contributed by atoms with van der Waals surface area (Å²) in [6, 6.07) is 6.26. The molecule has 0 unspecified atom stereocenters. The fourth-order valence-corrected chi connectivity index (χ4v) is 1.23. The third kappa shape index (κ3) is 2.55. The first-order valence-electron chi connectivity index (χ1n) is 4.29. The summed E-state index contributed by atoms with van der Waals surface area (Å²) in [4.78, 5) is 0. The van der Waals surface area contributed by atoms with E-state index in [-0.39, 0.29) is 18.2 Å². The Bertz CT molecular complexity index is 442. The lowest BCUT2D eigenvalue weighted by Crippen LogP contribution is -1.96. The van der Waals surface area contributed by atoms with Gasteiger partial charge in [-0.3, -0.25) is 0 Å². The highest BCUT2D eigenvalue weighted by atomic mass is 35.5. The van der Waals surface area contributed by atoms with Gasteiger partial charge in [0.05, 0.1) is 11.9 Å². The van der Waals surface area contributed by atoms with E-state index in [0.717, 1.165) is 5.56 Å². The molecule has 0 saturated carbocycles. The molecule has 15 heavy (non-hydrogen) atoms. The maximum Gasteiger partial charge on any atom is 0.125 e. The fourth-order valence-electron chi connectivity index (χ4n) is 1.23. The van der Waals surface area contributed by atoms with Crippen molar-refractivity contribution in [2.45, 2.75) is 6.54 Å². The van der Waals surface area contributed by atoms with Crippen molar-refractivity contribution < 1.29 is 4.39 Å². The second-order valence-electron chi connectivity index (χ2n) is 2.98. The maximum atomic E-state index is 12.9. The van der Waals surface area contributed by atoms with Gasteiger partial charge in [-0.1, -0.05) is 6.07 Å². The summed E-state index contributed by atoms with van der Waals surface area (Å²) in [7, 11) is 0. The van der Waals surface area contributed by atoms with Crippen LogP contribution in [0.25, 0.3) is 5.69 Å². The van der Waals surface area contributed by atoms with Crippen molar-refractivity contribution in [3.8, 4) is 5.69 Å². The average molecular weight is 228 g/mol. The van der Waals surface area contributed by atoms with Crippen molar-refractivity contribution in [2.75, 3.05) is 0 Å². The molecule has 5 heteroatoms. The lowest BCUT2D eigenvalue weighted by molar-refractivity contribution is 0.625. The van der Waals surface area contributed by atoms with E-state index in [9.17, 15) is 4.39 Å². The molecule has 1 aromatic carbocycles. The summed E-state index contributed by atoms with van der Waals surface area (Å²) in [5.41, 5.74) is 7.07. The molecule has 2 rings (SSSR count). The van der Waals surface area contributed by atoms with Gasteiger partial charge in [-0.15, -0.1) is 12.4 Å². The highest BCUT2D eigenvalue weighted by molar-refractivity contribution is 5.85. The second kappa shape index (κ2) is 4.91. The van der Waals surface area contributed by atoms with Crippen LogP contribution < -0.4 is 5.73 Å². The third-order valence-electron chi connectivity index (χ3n) is 1.94. The van der Waals surface area contributed by atoms with E-state index < -0.39 is 0 Å². The van der Waals surface area contributed by atoms with Crippen LogP contribution in [-0.4, -0.2) is 9.78 Å². The van der Waals surface area contributed by atoms with Gasteiger partial charge in [0.15, 0.2) is 0 Å². The van der Waals surface area contributed by atoms with Crippen molar-refractivity contribution in [1.82, 2.24) is 9.78 Å². The van der Waals surface area contributed by atoms with Crippen LogP contribution >= 0.6 is 12.4 Å². The summed E-state index contributed by atoms with van der Waals surface area (Å²) in [6.45, 7) is 0.440. The van der Waals surface area contributed by atoms with Gasteiger partial charge >= 0.3 is 0 Å². The quantitative estimate of drug-likeness (QED) is 0.852. The van der Waals surface area contributed by atoms with Crippen LogP contribution in [0, 0.1) is 5.82 Å². The topological polar surface area (TPSA) is 43.8 Å². The molecule has 2 aromatic rings. The Labute approximate surface area is 93.1 Å². The number of nitrogens with zero attached hydrogens (tertiary/aromatic N) is 2. The van der Waals surface area contributed by atoms with Gasteiger partial charge in [-0.05, 0) is 18.2 Å². The number of rotatable bonds is 2. The zero-order valence-electron chi connectivity index (χ0n) is 7.93. The lowest BCUT2D eigenvalue weighted by Gasteiger charge is -1.99. The van der Waals surface area contributed by atoms with E-state index in [1.807, 2.05) is 0 Å². The normalized spacial score (nSPS) is 9.73. The SMILES string of the molecule is Cl.NCc1cnn(-c2cccc(F)c2)c1. The second-order valence-corrected chi connectivity index (χ2v) is 2.98. The minimum Gasteiger partial charge on any atom is -0.326 e. The molecule has 1 aromatic heterocycles. The van der Waals surface area contributed by atoms with E-state index in [4.69, 9.17) is 5.73 Å². The van der Waals surface area contributed by atoms with Crippen LogP contribution in [-0.2, 0) is 6.54 Å². The van der Waals surface area contributed by atoms with Crippen molar-refractivity contribution >= 4 is 12.4 Å². The Kier molecular flexibility index (Phi) is 3.82. The summed E-state index contributed by atoms with van der Waals surface area (Å²) in [5, 5.41) is 4.07. The zero-order chi connectivity index (χ0) is 9.97. The first-order chi connectivity index (χ1) is 6.79. The molecule has 0 radical (unpaired) electrons. The Hall–Kier alpha value is -1.39. The van der Waals surface area contributed by atoms with E-state index >= 15 is 0 Å². The van der Waals surface area contributed by atoms with E-state index in [0.29, 0.717) is 12.2 Å². The van der Waals surface area contributed by atoms with Gasteiger partial charge in [-0.2, -0.15) is 5.10 Å². The van der Waals surface area contributed by atoms with E-state index in [1.54, 1.807) is 29.2 Å². The minimum atomic E-state index is -0.271. The van der Waals surface area contributed by atoms with Crippen molar-refractivity contribution in [3.63, 3.8) is 0 Å². The third-order valence-corrected chi connectivity index (χ3v) is 1.94. The molecule has 0 aliphatic carbocycles. The minimum absolute atomic E-state index is 0. The highest BCUT2D eigenvalue weighted by Crippen LogP contribution is 2.09. The Morgan fingerprint density at radius 2 is 2.20 bits per heavy atom. The number of benzene rings is 1. The van der Waals surface area contributed by atoms with E-state index in [2.05, 4.69) is 5.10 Å². The molecule has 0 atom stereocenters. The number of aromatic nitrogens is 2. The summed E-state index contributed by atoms with van der Waals surface area (Å²) in [6.07, 6.45) is 3.46. The largest absolute Gasteiger partial charge is 0.326 e. The van der Waals surface area contributed by atoms with Crippen LogP contribution in [0.3, 0.4) is 0 Å². The van der Waals surface area contributed by atoms with Crippen LogP contribution in [0.5, 0.6) is 0 Å². The van der Waals surface area contributed by atoms with Crippen molar-refractivity contribution in [2.24, 2.45) is 5.73 Å². The molecule has 0 amide bonds. The molecule has 0 saturated heterocycles. The molecule has 0 fully saturated rings. The average Bonchev–Trinajstić information content (AvgIpc) is 2.66. The van der Waals surface area contributed by atoms with Gasteiger partial charge in [0.1, 0.15) is 5.82 Å². The Morgan fingerprint density at radius 3 is 2.80 bits per heavy atom. The standard InChI is InChI=1S/C10H10FN3.ClH/c11-9-2-1-3-10(4-9)14-7-8(5-12)6-13-14;/h1-4,6-7H,5,12H2;1H. The molecule has 0 bridgehead atoms. The predicted molar refractivity (Wildman–Crippen MR) is 58.7 cm³/mol. The molecule has 1 heterocycles. The molecule has 0 aliphatic rings. The van der Waals surface area contributed by atoms with Crippen LogP contribution in [0.1, 0.15) is 5.56 Å². The van der Waals surface area contributed by atoms with Crippen molar-refractivity contribution in [1.29, 1.82) is 0 Å². The summed E-state index contributed by atoms with van der Waals surface area (Å²) in [5.74, 6) is -0.271. The van der Waals surface area contributed by atoms with Gasteiger partial charge in [0.2, 0.25) is 0 Å². The zero-order valence-corrected chi connectivity index (χ0v) is 8.75. The van der Waals surface area contributed by atoms with Crippen LogP contribution in [0.4, 0.5) is 4.39 Å². The van der Waals surface area contributed by atoms with Gasteiger partial charge in [0.25, 0.3) is 0 Å². The smallest absolute Gasteiger partial charge is 0.125 e. The Morgan fingerprint density at radius 1 is 1.40 bits per heavy atom. The molecule has 2 N–H and O–H groups in total. The van der Waals surface area contributed by atoms with Gasteiger partial charge in [-0.25, -0.2) is 9.07 Å². The number of hydrogen-bond acceptors (Lipinski definition) is 2. The number of nitrogens with two attached hydrogens (primary N) is 1. The monoisotopic (exact) mass is 227 g/mol. The number of halogens is 2. The van der Waals surface area contributed by atoms with E-state index in [1.165, 1.54) is 12.1 Å². The molecular weight excluding hydrogens is 217 g/mol. The molecule has 80 valence electrons. The molecular formula is C10H11ClFN3.